The van der Waals surface area contributed by atoms with Gasteiger partial charge in [0.15, 0.2) is 0 Å². The second-order valence-corrected chi connectivity index (χ2v) is 4.04. The summed E-state index contributed by atoms with van der Waals surface area (Å²) in [5.74, 6) is -0.370. The molecule has 0 saturated carbocycles. The molecule has 2 rings (SSSR count). The topological polar surface area (TPSA) is 129 Å². The zero-order chi connectivity index (χ0) is 13.3. The van der Waals surface area contributed by atoms with Crippen molar-refractivity contribution in [1.29, 1.82) is 0 Å². The van der Waals surface area contributed by atoms with Crippen molar-refractivity contribution in [2.45, 2.75) is 31.7 Å². The largest absolute Gasteiger partial charge is 0.465 e. The lowest BCUT2D eigenvalue weighted by Gasteiger charge is -2.35. The molecule has 9 nitrogen and oxygen atoms in total. The van der Waals surface area contributed by atoms with Crippen LogP contribution >= 0.6 is 0 Å². The van der Waals surface area contributed by atoms with Gasteiger partial charge in [0.25, 0.3) is 0 Å². The van der Waals surface area contributed by atoms with Gasteiger partial charge < -0.3 is 20.8 Å². The predicted octanol–water partition coefficient (Wildman–Crippen LogP) is -1.53. The maximum Gasteiger partial charge on any atom is 0.405 e. The van der Waals surface area contributed by atoms with Gasteiger partial charge in [-0.15, -0.1) is 0 Å². The number of carboxylic acid groups (broad SMARTS) is 1. The highest BCUT2D eigenvalue weighted by Crippen LogP contribution is 2.10. The summed E-state index contributed by atoms with van der Waals surface area (Å²) >= 11 is 0. The number of hydrogen-bond acceptors (Lipinski definition) is 5. The first-order valence-electron chi connectivity index (χ1n) is 5.35. The first-order valence-corrected chi connectivity index (χ1v) is 5.35. The van der Waals surface area contributed by atoms with E-state index >= 15 is 0 Å². The van der Waals surface area contributed by atoms with Crippen LogP contribution in [-0.2, 0) is 11.3 Å². The van der Waals surface area contributed by atoms with Crippen LogP contribution in [0.3, 0.4) is 0 Å². The highest BCUT2D eigenvalue weighted by molar-refractivity contribution is 5.91. The summed E-state index contributed by atoms with van der Waals surface area (Å²) in [5, 5.41) is 30.4. The van der Waals surface area contributed by atoms with Gasteiger partial charge >= 0.3 is 6.09 Å². The zero-order valence-electron chi connectivity index (χ0n) is 9.57. The van der Waals surface area contributed by atoms with Crippen LogP contribution in [0.25, 0.3) is 0 Å². The van der Waals surface area contributed by atoms with Gasteiger partial charge in [0, 0.05) is 0 Å². The Balaban J connectivity index is 1.96. The molecule has 2 heterocycles. The number of nitrogens with one attached hydrogen (secondary N) is 2. The number of aromatic nitrogens is 3. The minimum atomic E-state index is -1.25. The minimum absolute atomic E-state index is 0.239. The number of carbonyl (C=O) groups is 2. The first-order chi connectivity index (χ1) is 8.47. The van der Waals surface area contributed by atoms with Crippen LogP contribution in [0.5, 0.6) is 0 Å². The molecule has 0 radical (unpaired) electrons. The van der Waals surface area contributed by atoms with Crippen LogP contribution in [0.2, 0.25) is 0 Å². The number of β-lactam (4-membered cyclic amide) rings is 1. The van der Waals surface area contributed by atoms with E-state index in [2.05, 4.69) is 20.8 Å². The fraction of sp³-hybridized carbons (Fsp3) is 0.556. The molecule has 0 spiro atoms. The molecule has 0 aromatic carbocycles. The Bertz CT molecular complexity index is 471. The van der Waals surface area contributed by atoms with Gasteiger partial charge in [-0.05, 0) is 6.92 Å². The highest BCUT2D eigenvalue weighted by Gasteiger charge is 2.41. The number of rotatable bonds is 4. The maximum absolute atomic E-state index is 11.2. The van der Waals surface area contributed by atoms with Gasteiger partial charge in [-0.2, -0.15) is 15.0 Å². The maximum atomic E-state index is 11.2. The molecule has 1 aliphatic rings. The molecular weight excluding hydrogens is 242 g/mol. The van der Waals surface area contributed by atoms with E-state index in [0.717, 1.165) is 0 Å². The summed E-state index contributed by atoms with van der Waals surface area (Å²) in [6.45, 7) is 1.80. The van der Waals surface area contributed by atoms with Crippen molar-refractivity contribution < 1.29 is 19.8 Å². The highest BCUT2D eigenvalue weighted by atomic mass is 16.4. The summed E-state index contributed by atoms with van der Waals surface area (Å²) in [6.07, 6.45) is -0.550. The third-order valence-electron chi connectivity index (χ3n) is 2.63. The summed E-state index contributed by atoms with van der Waals surface area (Å²) in [5.41, 5.74) is 0.420. The Labute approximate surface area is 102 Å². The Hall–Kier alpha value is -2.16. The number of carbonyl (C=O) groups excluding carboxylic acids is 1. The van der Waals surface area contributed by atoms with Gasteiger partial charge in [0.05, 0.1) is 24.9 Å². The molecule has 1 aromatic heterocycles. The number of aliphatic hydroxyl groups is 1. The first kappa shape index (κ1) is 12.3. The molecule has 1 saturated heterocycles. The molecule has 2 amide bonds. The molecule has 1 aromatic rings. The van der Waals surface area contributed by atoms with Crippen LogP contribution in [0, 0.1) is 0 Å². The minimum Gasteiger partial charge on any atom is -0.465 e. The Morgan fingerprint density at radius 2 is 2.44 bits per heavy atom. The van der Waals surface area contributed by atoms with Gasteiger partial charge in [-0.3, -0.25) is 4.79 Å². The van der Waals surface area contributed by atoms with E-state index in [1.807, 2.05) is 0 Å². The SMILES string of the molecule is CC(O)c1cnn(C[C@H]2NC(=O)[C@H]2NC(=O)O)n1. The van der Waals surface area contributed by atoms with E-state index in [1.54, 1.807) is 6.92 Å². The molecule has 3 atom stereocenters. The van der Waals surface area contributed by atoms with E-state index in [-0.39, 0.29) is 18.5 Å². The van der Waals surface area contributed by atoms with Crippen LogP contribution in [0.15, 0.2) is 6.20 Å². The third-order valence-corrected chi connectivity index (χ3v) is 2.63. The van der Waals surface area contributed by atoms with Crippen molar-refractivity contribution in [3.05, 3.63) is 11.9 Å². The van der Waals surface area contributed by atoms with Crippen molar-refractivity contribution in [1.82, 2.24) is 25.6 Å². The van der Waals surface area contributed by atoms with Crippen molar-refractivity contribution in [2.24, 2.45) is 0 Å². The normalized spacial score (nSPS) is 24.0. The Morgan fingerprint density at radius 3 is 2.94 bits per heavy atom. The monoisotopic (exact) mass is 255 g/mol. The van der Waals surface area contributed by atoms with Crippen LogP contribution < -0.4 is 10.6 Å². The van der Waals surface area contributed by atoms with Gasteiger partial charge in [0.1, 0.15) is 11.7 Å². The second-order valence-electron chi connectivity index (χ2n) is 4.04. The van der Waals surface area contributed by atoms with Crippen LogP contribution in [0.1, 0.15) is 18.7 Å². The summed E-state index contributed by atoms with van der Waals surface area (Å²) in [7, 11) is 0. The lowest BCUT2D eigenvalue weighted by molar-refractivity contribution is -0.131. The molecule has 9 heteroatoms. The molecule has 18 heavy (non-hydrogen) atoms. The average Bonchev–Trinajstić information content (AvgIpc) is 2.74. The van der Waals surface area contributed by atoms with E-state index in [9.17, 15) is 14.7 Å². The average molecular weight is 255 g/mol. The van der Waals surface area contributed by atoms with Crippen molar-refractivity contribution >= 4 is 12.0 Å². The Kier molecular flexibility index (Phi) is 3.15. The van der Waals surface area contributed by atoms with E-state index in [0.29, 0.717) is 5.69 Å². The number of nitrogens with zero attached hydrogens (tertiary/aromatic N) is 3. The standard InChI is InChI=1S/C9H13N5O4/c1-4(15)5-2-10-14(13-5)3-6-7(8(16)11-6)12-9(17)18/h2,4,6-7,12,15H,3H2,1H3,(H,11,16)(H,17,18)/t4?,6-,7+/m1/s1. The van der Waals surface area contributed by atoms with Crippen LogP contribution in [0.4, 0.5) is 4.79 Å². The number of aliphatic hydroxyl groups excluding tert-OH is 1. The smallest absolute Gasteiger partial charge is 0.405 e. The van der Waals surface area contributed by atoms with Crippen LogP contribution in [-0.4, -0.2) is 49.3 Å². The quantitative estimate of drug-likeness (QED) is 0.483. The van der Waals surface area contributed by atoms with Crippen molar-refractivity contribution in [2.75, 3.05) is 0 Å². The zero-order valence-corrected chi connectivity index (χ0v) is 9.57. The lowest BCUT2D eigenvalue weighted by Crippen LogP contribution is -2.70. The van der Waals surface area contributed by atoms with E-state index in [1.165, 1.54) is 11.0 Å². The van der Waals surface area contributed by atoms with Crippen molar-refractivity contribution in [3.63, 3.8) is 0 Å². The fourth-order valence-electron chi connectivity index (χ4n) is 1.66. The third kappa shape index (κ3) is 2.40. The summed E-state index contributed by atoms with van der Waals surface area (Å²) in [6, 6.07) is -1.17. The molecule has 0 aliphatic carbocycles. The second kappa shape index (κ2) is 4.61. The van der Waals surface area contributed by atoms with Crippen molar-refractivity contribution in [3.8, 4) is 0 Å². The van der Waals surface area contributed by atoms with E-state index in [4.69, 9.17) is 5.11 Å². The molecule has 1 unspecified atom stereocenters. The Morgan fingerprint density at radius 1 is 1.72 bits per heavy atom. The summed E-state index contributed by atoms with van der Waals surface area (Å²) < 4.78 is 0. The number of hydrogen-bond donors (Lipinski definition) is 4. The van der Waals surface area contributed by atoms with Gasteiger partial charge in [-0.25, -0.2) is 4.79 Å². The number of amides is 2. The lowest BCUT2D eigenvalue weighted by atomic mass is 9.99. The predicted molar refractivity (Wildman–Crippen MR) is 57.5 cm³/mol. The van der Waals surface area contributed by atoms with Gasteiger partial charge in [0.2, 0.25) is 5.91 Å². The molecule has 1 fully saturated rings. The summed E-state index contributed by atoms with van der Waals surface area (Å²) in [4.78, 5) is 22.9. The molecule has 98 valence electrons. The molecular formula is C9H13N5O4. The molecule has 4 N–H and O–H groups in total. The fourth-order valence-corrected chi connectivity index (χ4v) is 1.66. The molecule has 1 aliphatic heterocycles. The van der Waals surface area contributed by atoms with Gasteiger partial charge in [-0.1, -0.05) is 0 Å². The molecule has 0 bridgehead atoms. The van der Waals surface area contributed by atoms with E-state index < -0.39 is 18.2 Å².